The Morgan fingerprint density at radius 3 is 1.54 bits per heavy atom. The van der Waals surface area contributed by atoms with Crippen LogP contribution in [0.3, 0.4) is 0 Å². The van der Waals surface area contributed by atoms with E-state index in [-0.39, 0.29) is 5.78 Å². The van der Waals surface area contributed by atoms with Gasteiger partial charge in [-0.15, -0.1) is 0 Å². The first-order valence-electron chi connectivity index (χ1n) is 3.17. The van der Waals surface area contributed by atoms with E-state index < -0.39 is 11.9 Å². The molecule has 72 valence electrons. The van der Waals surface area contributed by atoms with Crippen LogP contribution in [0, 0.1) is 0 Å². The highest BCUT2D eigenvalue weighted by molar-refractivity contribution is 5.93. The molecule has 0 aromatic heterocycles. The lowest BCUT2D eigenvalue weighted by molar-refractivity contribution is -0.132. The monoisotopic (exact) mass is 186 g/mol. The van der Waals surface area contributed by atoms with Crippen molar-refractivity contribution in [1.29, 1.82) is 0 Å². The Morgan fingerprint density at radius 2 is 1.46 bits per heavy atom. The second-order valence-electron chi connectivity index (χ2n) is 1.82. The largest absolute Gasteiger partial charge is 0.478 e. The van der Waals surface area contributed by atoms with Gasteiger partial charge in [-0.1, -0.05) is 6.58 Å². The fourth-order valence-electron chi connectivity index (χ4n) is 0.189. The predicted molar refractivity (Wildman–Crippen MR) is 45.3 cm³/mol. The van der Waals surface area contributed by atoms with Crippen LogP contribution in [0.4, 0.5) is 0 Å². The summed E-state index contributed by atoms with van der Waals surface area (Å²) < 4.78 is 0. The molecular weight excluding hydrogens is 176 g/mol. The summed E-state index contributed by atoms with van der Waals surface area (Å²) in [7, 11) is 0. The number of allylic oxidation sites excluding steroid dienone is 1. The molecule has 2 N–H and O–H groups in total. The predicted octanol–water partition coefficient (Wildman–Crippen LogP) is 0.473. The third kappa shape index (κ3) is 25.5. The number of aliphatic carboxylic acids is 2. The SMILES string of the molecule is C=CC(=O)O.CC(=O)C=CC(=O)O. The number of carbonyl (C=O) groups excluding carboxylic acids is 1. The van der Waals surface area contributed by atoms with Crippen molar-refractivity contribution in [2.24, 2.45) is 0 Å². The molecule has 0 saturated heterocycles. The fraction of sp³-hybridized carbons (Fsp3) is 0.125. The summed E-state index contributed by atoms with van der Waals surface area (Å²) in [6.45, 7) is 4.25. The molecule has 0 unspecified atom stereocenters. The van der Waals surface area contributed by atoms with E-state index in [4.69, 9.17) is 10.2 Å². The van der Waals surface area contributed by atoms with Gasteiger partial charge in [0.25, 0.3) is 0 Å². The first kappa shape index (κ1) is 13.7. The highest BCUT2D eigenvalue weighted by atomic mass is 16.4. The van der Waals surface area contributed by atoms with Crippen molar-refractivity contribution < 1.29 is 24.6 Å². The maximum atomic E-state index is 10.00. The van der Waals surface area contributed by atoms with Crippen molar-refractivity contribution in [3.63, 3.8) is 0 Å². The summed E-state index contributed by atoms with van der Waals surface area (Å²) in [5.41, 5.74) is 0. The van der Waals surface area contributed by atoms with E-state index in [1.54, 1.807) is 0 Å². The number of carboxylic acids is 2. The lowest BCUT2D eigenvalue weighted by Gasteiger charge is -1.74. The highest BCUT2D eigenvalue weighted by Crippen LogP contribution is 1.73. The van der Waals surface area contributed by atoms with Gasteiger partial charge in [0.1, 0.15) is 0 Å². The van der Waals surface area contributed by atoms with E-state index in [0.717, 1.165) is 18.2 Å². The van der Waals surface area contributed by atoms with E-state index in [1.807, 2.05) is 0 Å². The molecule has 0 rings (SSSR count). The Bertz CT molecular complexity index is 223. The Kier molecular flexibility index (Phi) is 8.61. The maximum absolute atomic E-state index is 10.00. The van der Waals surface area contributed by atoms with Crippen molar-refractivity contribution in [2.45, 2.75) is 6.92 Å². The third-order valence-electron chi connectivity index (χ3n) is 0.635. The van der Waals surface area contributed by atoms with Crippen molar-refractivity contribution in [3.8, 4) is 0 Å². The summed E-state index contributed by atoms with van der Waals surface area (Å²) in [6.07, 6.45) is 2.64. The highest BCUT2D eigenvalue weighted by Gasteiger charge is 1.85. The second kappa shape index (κ2) is 8.19. The van der Waals surface area contributed by atoms with Crippen LogP contribution in [-0.4, -0.2) is 27.9 Å². The minimum atomic E-state index is -1.10. The van der Waals surface area contributed by atoms with Gasteiger partial charge in [-0.2, -0.15) is 0 Å². The molecule has 13 heavy (non-hydrogen) atoms. The Labute approximate surface area is 75.0 Å². The van der Waals surface area contributed by atoms with Crippen LogP contribution in [0.15, 0.2) is 24.8 Å². The third-order valence-corrected chi connectivity index (χ3v) is 0.635. The van der Waals surface area contributed by atoms with Gasteiger partial charge in [0, 0.05) is 12.2 Å². The molecule has 0 aliphatic carbocycles. The van der Waals surface area contributed by atoms with Crippen LogP contribution in [0.1, 0.15) is 6.92 Å². The van der Waals surface area contributed by atoms with Crippen LogP contribution < -0.4 is 0 Å². The minimum absolute atomic E-state index is 0.257. The number of hydrogen-bond donors (Lipinski definition) is 2. The first-order valence-corrected chi connectivity index (χ1v) is 3.17. The Hall–Kier alpha value is -1.91. The van der Waals surface area contributed by atoms with Crippen molar-refractivity contribution in [2.75, 3.05) is 0 Å². The van der Waals surface area contributed by atoms with Crippen molar-refractivity contribution in [1.82, 2.24) is 0 Å². The number of carboxylic acid groups (broad SMARTS) is 2. The van der Waals surface area contributed by atoms with Crippen LogP contribution >= 0.6 is 0 Å². The lowest BCUT2D eigenvalue weighted by atomic mass is 10.4. The fourth-order valence-corrected chi connectivity index (χ4v) is 0.189. The normalized spacial score (nSPS) is 8.38. The quantitative estimate of drug-likeness (QED) is 0.625. The molecule has 0 aliphatic rings. The molecule has 0 heterocycles. The van der Waals surface area contributed by atoms with Gasteiger partial charge in [-0.05, 0) is 13.0 Å². The molecule has 0 aromatic carbocycles. The molecule has 5 nitrogen and oxygen atoms in total. The smallest absolute Gasteiger partial charge is 0.328 e. The van der Waals surface area contributed by atoms with E-state index in [9.17, 15) is 14.4 Å². The van der Waals surface area contributed by atoms with Gasteiger partial charge in [0.05, 0.1) is 0 Å². The van der Waals surface area contributed by atoms with Gasteiger partial charge >= 0.3 is 11.9 Å². The zero-order chi connectivity index (χ0) is 10.9. The van der Waals surface area contributed by atoms with Crippen LogP contribution in [-0.2, 0) is 14.4 Å². The maximum Gasteiger partial charge on any atom is 0.328 e. The molecule has 0 bridgehead atoms. The summed E-state index contributed by atoms with van der Waals surface area (Å²) in [5.74, 6) is -2.34. The van der Waals surface area contributed by atoms with E-state index in [2.05, 4.69) is 6.58 Å². The van der Waals surface area contributed by atoms with Gasteiger partial charge in [0.15, 0.2) is 5.78 Å². The molecule has 0 aliphatic heterocycles. The van der Waals surface area contributed by atoms with E-state index >= 15 is 0 Å². The van der Waals surface area contributed by atoms with Crippen LogP contribution in [0.2, 0.25) is 0 Å². The van der Waals surface area contributed by atoms with Crippen molar-refractivity contribution >= 4 is 17.7 Å². The first-order chi connectivity index (χ1) is 5.90. The summed E-state index contributed by atoms with van der Waals surface area (Å²) in [5, 5.41) is 15.5. The van der Waals surface area contributed by atoms with Crippen LogP contribution in [0.25, 0.3) is 0 Å². The topological polar surface area (TPSA) is 91.7 Å². The Balaban J connectivity index is 0. The van der Waals surface area contributed by atoms with Crippen molar-refractivity contribution in [3.05, 3.63) is 24.8 Å². The molecule has 5 heteroatoms. The molecular formula is C8H10O5. The van der Waals surface area contributed by atoms with Gasteiger partial charge in [-0.25, -0.2) is 9.59 Å². The summed E-state index contributed by atoms with van der Waals surface area (Å²) in [4.78, 5) is 28.9. The second-order valence-corrected chi connectivity index (χ2v) is 1.82. The average molecular weight is 186 g/mol. The molecule has 0 fully saturated rings. The number of carbonyl (C=O) groups is 3. The minimum Gasteiger partial charge on any atom is -0.478 e. The summed E-state index contributed by atoms with van der Waals surface area (Å²) in [6, 6.07) is 0. The number of hydrogen-bond acceptors (Lipinski definition) is 3. The molecule has 0 atom stereocenters. The zero-order valence-corrected chi connectivity index (χ0v) is 7.06. The lowest BCUT2D eigenvalue weighted by Crippen LogP contribution is -1.89. The molecule has 0 saturated carbocycles. The standard InChI is InChI=1S/C5H6O3.C3H4O2/c1-4(6)2-3-5(7)8;1-2-3(4)5/h2-3H,1H3,(H,7,8);2H,1H2,(H,4,5). The van der Waals surface area contributed by atoms with E-state index in [1.165, 1.54) is 6.92 Å². The van der Waals surface area contributed by atoms with Gasteiger partial charge in [-0.3, -0.25) is 4.79 Å². The van der Waals surface area contributed by atoms with Gasteiger partial charge < -0.3 is 10.2 Å². The number of ketones is 1. The average Bonchev–Trinajstić information content (AvgIpc) is 2.02. The molecule has 0 aromatic rings. The van der Waals surface area contributed by atoms with Gasteiger partial charge in [0.2, 0.25) is 0 Å². The summed E-state index contributed by atoms with van der Waals surface area (Å²) >= 11 is 0. The van der Waals surface area contributed by atoms with E-state index in [0.29, 0.717) is 0 Å². The molecule has 0 amide bonds. The molecule has 0 spiro atoms. The molecule has 0 radical (unpaired) electrons. The Morgan fingerprint density at radius 1 is 1.08 bits per heavy atom. The van der Waals surface area contributed by atoms with Crippen LogP contribution in [0.5, 0.6) is 0 Å². The number of rotatable bonds is 3. The zero-order valence-electron chi connectivity index (χ0n) is 7.06.